The Bertz CT molecular complexity index is 647. The molecule has 0 radical (unpaired) electrons. The van der Waals surface area contributed by atoms with Crippen LogP contribution in [0, 0.1) is 0 Å². The number of hydrogen-bond acceptors (Lipinski definition) is 5. The lowest BCUT2D eigenvalue weighted by atomic mass is 10.2. The number of sulfone groups is 1. The number of ether oxygens (including phenoxy) is 1. The molecule has 2 rings (SSSR count). The zero-order chi connectivity index (χ0) is 17.6. The van der Waals surface area contributed by atoms with Gasteiger partial charge in [-0.15, -0.1) is 0 Å². The van der Waals surface area contributed by atoms with Gasteiger partial charge in [0.15, 0.2) is 14.9 Å². The summed E-state index contributed by atoms with van der Waals surface area (Å²) < 4.78 is 28.0. The molecule has 24 heavy (non-hydrogen) atoms. The van der Waals surface area contributed by atoms with E-state index in [-0.39, 0.29) is 0 Å². The first-order valence-electron chi connectivity index (χ1n) is 7.93. The Hall–Kier alpha value is -1.22. The van der Waals surface area contributed by atoms with Gasteiger partial charge in [0.1, 0.15) is 6.73 Å². The fraction of sp³-hybridized carbons (Fsp3) is 0.562. The Balaban J connectivity index is 1.89. The molecule has 0 saturated carbocycles. The first kappa shape index (κ1) is 19.1. The molecule has 1 fully saturated rings. The van der Waals surface area contributed by atoms with Gasteiger partial charge >= 0.3 is 0 Å². The zero-order valence-electron chi connectivity index (χ0n) is 14.2. The van der Waals surface area contributed by atoms with Crippen molar-refractivity contribution in [1.82, 2.24) is 15.1 Å². The number of nitrogens with zero attached hydrogens (tertiary/aromatic N) is 2. The lowest BCUT2D eigenvalue weighted by Gasteiger charge is -2.24. The van der Waals surface area contributed by atoms with Crippen LogP contribution in [0.5, 0.6) is 0 Å². The van der Waals surface area contributed by atoms with Crippen LogP contribution in [0.3, 0.4) is 0 Å². The van der Waals surface area contributed by atoms with Gasteiger partial charge in [-0.2, -0.15) is 0 Å². The second kappa shape index (κ2) is 8.75. The largest absolute Gasteiger partial charge is 0.365 e. The maximum absolute atomic E-state index is 11.5. The lowest BCUT2D eigenvalue weighted by molar-refractivity contribution is 0.188. The number of hydrogen-bond donors (Lipinski definition) is 1. The molecule has 1 aromatic carbocycles. The molecule has 0 unspecified atom stereocenters. The number of nitrogens with one attached hydrogen (secondary N) is 1. The van der Waals surface area contributed by atoms with Crippen LogP contribution in [-0.4, -0.2) is 69.6 Å². The van der Waals surface area contributed by atoms with Crippen LogP contribution in [-0.2, 0) is 21.1 Å². The van der Waals surface area contributed by atoms with E-state index in [0.717, 1.165) is 49.8 Å². The molecule has 6 nitrogen and oxygen atoms in total. The smallest absolute Gasteiger partial charge is 0.175 e. The van der Waals surface area contributed by atoms with Gasteiger partial charge in [0.25, 0.3) is 0 Å². The number of thiocarbonyl (C=S) groups is 1. The number of rotatable bonds is 5. The van der Waals surface area contributed by atoms with Gasteiger partial charge in [0.05, 0.1) is 4.90 Å². The van der Waals surface area contributed by atoms with E-state index in [1.807, 2.05) is 12.1 Å². The molecule has 134 valence electrons. The van der Waals surface area contributed by atoms with Crippen molar-refractivity contribution in [1.29, 1.82) is 0 Å². The van der Waals surface area contributed by atoms with Crippen molar-refractivity contribution in [2.75, 3.05) is 46.3 Å². The molecule has 0 aromatic heterocycles. The number of benzene rings is 1. The predicted molar refractivity (Wildman–Crippen MR) is 98.6 cm³/mol. The summed E-state index contributed by atoms with van der Waals surface area (Å²) in [6.45, 7) is 4.96. The summed E-state index contributed by atoms with van der Waals surface area (Å²) in [5.41, 5.74) is 1.12. The van der Waals surface area contributed by atoms with E-state index in [0.29, 0.717) is 11.6 Å². The average Bonchev–Trinajstić information content (AvgIpc) is 2.78. The molecule has 1 N–H and O–H groups in total. The topological polar surface area (TPSA) is 61.9 Å². The highest BCUT2D eigenvalue weighted by Crippen LogP contribution is 2.13. The van der Waals surface area contributed by atoms with E-state index in [1.54, 1.807) is 19.2 Å². The lowest BCUT2D eigenvalue weighted by Crippen LogP contribution is -2.42. The van der Waals surface area contributed by atoms with Crippen molar-refractivity contribution in [3.8, 4) is 0 Å². The molecule has 1 heterocycles. The average molecular weight is 372 g/mol. The summed E-state index contributed by atoms with van der Waals surface area (Å²) in [7, 11) is -1.50. The maximum atomic E-state index is 11.5. The minimum atomic E-state index is -3.13. The first-order chi connectivity index (χ1) is 11.4. The van der Waals surface area contributed by atoms with Gasteiger partial charge in [0, 0.05) is 46.1 Å². The van der Waals surface area contributed by atoms with E-state index in [9.17, 15) is 8.42 Å². The molecule has 0 bridgehead atoms. The van der Waals surface area contributed by atoms with Crippen LogP contribution in [0.25, 0.3) is 0 Å². The maximum Gasteiger partial charge on any atom is 0.175 e. The molecule has 1 aromatic rings. The quantitative estimate of drug-likeness (QED) is 0.614. The highest BCUT2D eigenvalue weighted by atomic mass is 32.2. The summed E-state index contributed by atoms with van der Waals surface area (Å²) >= 11 is 5.38. The summed E-state index contributed by atoms with van der Waals surface area (Å²) in [6, 6.07) is 7.14. The number of methoxy groups -OCH3 is 1. The van der Waals surface area contributed by atoms with E-state index >= 15 is 0 Å². The molecule has 0 atom stereocenters. The first-order valence-corrected chi connectivity index (χ1v) is 10.2. The molecular weight excluding hydrogens is 346 g/mol. The molecule has 8 heteroatoms. The van der Waals surface area contributed by atoms with Gasteiger partial charge < -0.3 is 15.0 Å². The summed E-state index contributed by atoms with van der Waals surface area (Å²) in [5, 5.41) is 3.81. The minimum absolute atomic E-state index is 0.364. The Morgan fingerprint density at radius 1 is 1.21 bits per heavy atom. The van der Waals surface area contributed by atoms with Crippen molar-refractivity contribution in [2.45, 2.75) is 17.9 Å². The van der Waals surface area contributed by atoms with Crippen molar-refractivity contribution < 1.29 is 13.2 Å². The van der Waals surface area contributed by atoms with Gasteiger partial charge in [-0.05, 0) is 36.3 Å². The Morgan fingerprint density at radius 3 is 2.54 bits per heavy atom. The second-order valence-corrected chi connectivity index (χ2v) is 8.35. The van der Waals surface area contributed by atoms with E-state index in [4.69, 9.17) is 17.0 Å². The molecule has 1 saturated heterocycles. The van der Waals surface area contributed by atoms with Gasteiger partial charge in [-0.1, -0.05) is 12.1 Å². The minimum Gasteiger partial charge on any atom is -0.365 e. The fourth-order valence-corrected chi connectivity index (χ4v) is 3.55. The third kappa shape index (κ3) is 5.70. The molecular formula is C16H25N3O3S2. The molecule has 1 aliphatic heterocycles. The van der Waals surface area contributed by atoms with Crippen LogP contribution in [0.4, 0.5) is 0 Å². The summed E-state index contributed by atoms with van der Waals surface area (Å²) in [4.78, 5) is 4.90. The van der Waals surface area contributed by atoms with Crippen molar-refractivity contribution in [3.05, 3.63) is 29.8 Å². The summed E-state index contributed by atoms with van der Waals surface area (Å²) in [6.07, 6.45) is 2.27. The Kier molecular flexibility index (Phi) is 6.97. The summed E-state index contributed by atoms with van der Waals surface area (Å²) in [5.74, 6) is 0. The van der Waals surface area contributed by atoms with E-state index in [1.165, 1.54) is 6.26 Å². The van der Waals surface area contributed by atoms with E-state index in [2.05, 4.69) is 15.1 Å². The molecule has 0 aliphatic carbocycles. The third-order valence-electron chi connectivity index (χ3n) is 4.00. The third-order valence-corrected chi connectivity index (χ3v) is 5.53. The monoisotopic (exact) mass is 371 g/mol. The standard InChI is InChI=1S/C16H25N3O3S2/c1-22-13-17-16(23)19-9-3-8-18(10-11-19)12-14-4-6-15(7-5-14)24(2,20)21/h4-7H,3,8-13H2,1-2H3,(H,17,23). The van der Waals surface area contributed by atoms with Gasteiger partial charge in [-0.3, -0.25) is 4.90 Å². The van der Waals surface area contributed by atoms with E-state index < -0.39 is 9.84 Å². The Labute approximate surface area is 149 Å². The fourth-order valence-electron chi connectivity index (χ4n) is 2.68. The van der Waals surface area contributed by atoms with Crippen LogP contribution in [0.1, 0.15) is 12.0 Å². The Morgan fingerprint density at radius 2 is 1.92 bits per heavy atom. The highest BCUT2D eigenvalue weighted by Gasteiger charge is 2.17. The normalized spacial score (nSPS) is 16.7. The van der Waals surface area contributed by atoms with Crippen molar-refractivity contribution in [2.24, 2.45) is 0 Å². The van der Waals surface area contributed by atoms with Crippen LogP contribution < -0.4 is 5.32 Å². The molecule has 0 spiro atoms. The predicted octanol–water partition coefficient (Wildman–Crippen LogP) is 1.08. The SMILES string of the molecule is COCNC(=S)N1CCCN(Cc2ccc(S(C)(=O)=O)cc2)CC1. The van der Waals surface area contributed by atoms with Crippen molar-refractivity contribution in [3.63, 3.8) is 0 Å². The van der Waals surface area contributed by atoms with Crippen LogP contribution in [0.2, 0.25) is 0 Å². The van der Waals surface area contributed by atoms with Crippen LogP contribution in [0.15, 0.2) is 29.2 Å². The molecule has 1 aliphatic rings. The van der Waals surface area contributed by atoms with Gasteiger partial charge in [-0.25, -0.2) is 8.42 Å². The second-order valence-electron chi connectivity index (χ2n) is 5.95. The van der Waals surface area contributed by atoms with Crippen LogP contribution >= 0.6 is 12.2 Å². The van der Waals surface area contributed by atoms with Gasteiger partial charge in [0.2, 0.25) is 0 Å². The highest BCUT2D eigenvalue weighted by molar-refractivity contribution is 7.90. The van der Waals surface area contributed by atoms with Crippen molar-refractivity contribution >= 4 is 27.2 Å². The zero-order valence-corrected chi connectivity index (χ0v) is 15.8. The molecule has 0 amide bonds.